The summed E-state index contributed by atoms with van der Waals surface area (Å²) >= 11 is 0. The Labute approximate surface area is 194 Å². The van der Waals surface area contributed by atoms with E-state index in [1.165, 1.54) is 10.9 Å². The van der Waals surface area contributed by atoms with Crippen molar-refractivity contribution >= 4 is 39.4 Å². The number of benzene rings is 3. The third-order valence-electron chi connectivity index (χ3n) is 5.28. The van der Waals surface area contributed by atoms with Gasteiger partial charge in [0.05, 0.1) is 30.4 Å². The van der Waals surface area contributed by atoms with E-state index in [0.29, 0.717) is 46.9 Å². The number of ether oxygens (including phenoxy) is 1. The van der Waals surface area contributed by atoms with Crippen LogP contribution in [0.4, 0.5) is 16.2 Å². The first-order valence-electron chi connectivity index (χ1n) is 10.6. The monoisotopic (exact) mass is 455 g/mol. The molecule has 0 fully saturated rings. The maximum Gasteiger partial charge on any atom is 0.323 e. The Bertz CT molecular complexity index is 1520. The zero-order chi connectivity index (χ0) is 23.5. The number of hydrogen-bond donors (Lipinski definition) is 2. The first-order chi connectivity index (χ1) is 16.6. The summed E-state index contributed by atoms with van der Waals surface area (Å²) < 4.78 is 12.3. The summed E-state index contributed by atoms with van der Waals surface area (Å²) in [6, 6.07) is 19.3. The van der Waals surface area contributed by atoms with Gasteiger partial charge in [0.1, 0.15) is 5.52 Å². The van der Waals surface area contributed by atoms with E-state index in [0.717, 1.165) is 11.1 Å². The lowest BCUT2D eigenvalue weighted by molar-refractivity contribution is 0.186. The number of carbonyl (C=O) groups excluding carboxylic acids is 1. The Kier molecular flexibility index (Phi) is 5.75. The summed E-state index contributed by atoms with van der Waals surface area (Å²) in [5, 5.41) is 5.98. The number of carbonyl (C=O) groups is 1. The molecule has 0 bridgehead atoms. The highest BCUT2D eigenvalue weighted by molar-refractivity contribution is 6.01. The van der Waals surface area contributed by atoms with Crippen LogP contribution in [0.25, 0.3) is 33.5 Å². The molecule has 170 valence electrons. The van der Waals surface area contributed by atoms with Crippen LogP contribution < -0.4 is 16.2 Å². The second-order valence-electron chi connectivity index (χ2n) is 7.61. The molecule has 0 unspecified atom stereocenters. The maximum absolute atomic E-state index is 12.7. The molecule has 0 saturated heterocycles. The quantitative estimate of drug-likeness (QED) is 0.390. The Morgan fingerprint density at radius 2 is 1.82 bits per heavy atom. The van der Waals surface area contributed by atoms with Crippen molar-refractivity contribution in [1.29, 1.82) is 0 Å². The van der Waals surface area contributed by atoms with Gasteiger partial charge >= 0.3 is 6.03 Å². The summed E-state index contributed by atoms with van der Waals surface area (Å²) in [5.41, 5.74) is 3.60. The van der Waals surface area contributed by atoms with Crippen LogP contribution in [0.15, 0.2) is 82.3 Å². The number of nitrogens with one attached hydrogen (secondary N) is 2. The number of fused-ring (bicyclic) bond motifs is 2. The van der Waals surface area contributed by atoms with Gasteiger partial charge in [0.25, 0.3) is 5.56 Å². The summed E-state index contributed by atoms with van der Waals surface area (Å²) in [4.78, 5) is 34.1. The van der Waals surface area contributed by atoms with Crippen molar-refractivity contribution < 1.29 is 13.9 Å². The number of oxazole rings is 1. The Balaban J connectivity index is 1.33. The highest BCUT2D eigenvalue weighted by Crippen LogP contribution is 2.26. The molecule has 34 heavy (non-hydrogen) atoms. The van der Waals surface area contributed by atoms with Crippen molar-refractivity contribution in [1.82, 2.24) is 14.5 Å². The lowest BCUT2D eigenvalue weighted by Gasteiger charge is -2.10. The first kappa shape index (κ1) is 21.4. The van der Waals surface area contributed by atoms with Crippen LogP contribution in [0.1, 0.15) is 0 Å². The average Bonchev–Trinajstić information content (AvgIpc) is 3.29. The molecule has 2 N–H and O–H groups in total. The zero-order valence-electron chi connectivity index (χ0n) is 18.3. The van der Waals surface area contributed by atoms with Gasteiger partial charge in [0.2, 0.25) is 5.89 Å². The number of methoxy groups -OCH3 is 1. The predicted octanol–water partition coefficient (Wildman–Crippen LogP) is 4.50. The molecule has 0 spiro atoms. The van der Waals surface area contributed by atoms with Gasteiger partial charge in [-0.05, 0) is 48.5 Å². The molecule has 2 amide bonds. The van der Waals surface area contributed by atoms with Gasteiger partial charge in [-0.25, -0.2) is 14.8 Å². The normalized spacial score (nSPS) is 11.1. The molecule has 9 heteroatoms. The van der Waals surface area contributed by atoms with Gasteiger partial charge in [0.15, 0.2) is 5.58 Å². The molecular formula is C25H21N5O4. The zero-order valence-corrected chi connectivity index (χ0v) is 18.3. The summed E-state index contributed by atoms with van der Waals surface area (Å²) in [6.07, 6.45) is 1.49. The van der Waals surface area contributed by atoms with E-state index in [4.69, 9.17) is 9.15 Å². The molecule has 3 aromatic carbocycles. The lowest BCUT2D eigenvalue weighted by atomic mass is 10.2. The summed E-state index contributed by atoms with van der Waals surface area (Å²) in [6.45, 7) is 0.795. The Morgan fingerprint density at radius 1 is 1.00 bits per heavy atom. The van der Waals surface area contributed by atoms with Gasteiger partial charge < -0.3 is 19.8 Å². The van der Waals surface area contributed by atoms with Crippen LogP contribution >= 0.6 is 0 Å². The lowest BCUT2D eigenvalue weighted by Crippen LogP contribution is -2.23. The van der Waals surface area contributed by atoms with Crippen molar-refractivity contribution in [2.75, 3.05) is 24.4 Å². The van der Waals surface area contributed by atoms with Gasteiger partial charge in [-0.1, -0.05) is 18.2 Å². The fraction of sp³-hybridized carbons (Fsp3) is 0.120. The van der Waals surface area contributed by atoms with Gasteiger partial charge in [-0.3, -0.25) is 9.36 Å². The van der Waals surface area contributed by atoms with Crippen molar-refractivity contribution in [2.24, 2.45) is 0 Å². The van der Waals surface area contributed by atoms with Crippen LogP contribution in [0, 0.1) is 0 Å². The van der Waals surface area contributed by atoms with E-state index in [1.807, 2.05) is 36.4 Å². The number of aromatic nitrogens is 3. The third-order valence-corrected chi connectivity index (χ3v) is 5.28. The molecule has 5 rings (SSSR count). The number of amides is 2. The Hall–Kier alpha value is -4.50. The average molecular weight is 455 g/mol. The molecular weight excluding hydrogens is 434 g/mol. The topological polar surface area (TPSA) is 111 Å². The van der Waals surface area contributed by atoms with Gasteiger partial charge in [-0.2, -0.15) is 0 Å². The maximum atomic E-state index is 12.7. The molecule has 0 radical (unpaired) electrons. The fourth-order valence-electron chi connectivity index (χ4n) is 3.60. The molecule has 0 aliphatic rings. The number of rotatable bonds is 6. The highest BCUT2D eigenvalue weighted by atomic mass is 16.5. The molecule has 9 nitrogen and oxygen atoms in total. The molecule has 5 aromatic rings. The summed E-state index contributed by atoms with van der Waals surface area (Å²) in [5.74, 6) is 0.469. The van der Waals surface area contributed by atoms with E-state index in [2.05, 4.69) is 20.6 Å². The minimum Gasteiger partial charge on any atom is -0.436 e. The molecule has 0 saturated carbocycles. The Morgan fingerprint density at radius 3 is 2.65 bits per heavy atom. The van der Waals surface area contributed by atoms with E-state index < -0.39 is 6.03 Å². The third kappa shape index (κ3) is 4.37. The van der Waals surface area contributed by atoms with Crippen molar-refractivity contribution in [3.05, 3.63) is 83.4 Å². The molecule has 0 aliphatic carbocycles. The van der Waals surface area contributed by atoms with Crippen LogP contribution in [-0.2, 0) is 11.3 Å². The largest absolute Gasteiger partial charge is 0.436 e. The number of hydrogen-bond acceptors (Lipinski definition) is 6. The minimum absolute atomic E-state index is 0.197. The van der Waals surface area contributed by atoms with E-state index in [1.54, 1.807) is 37.4 Å². The summed E-state index contributed by atoms with van der Waals surface area (Å²) in [7, 11) is 1.57. The standard InChI is InChI=1S/C25H21N5O4/c1-33-12-11-30-15-26-20-10-9-18(14-19(20)24(30)31)28-25(32)27-17-6-4-5-16(13-17)23-29-21-7-2-3-8-22(21)34-23/h2-10,13-15H,11-12H2,1H3,(H2,27,28,32). The molecule has 0 aliphatic heterocycles. The van der Waals surface area contributed by atoms with Crippen LogP contribution in [0.5, 0.6) is 0 Å². The minimum atomic E-state index is -0.447. The number of nitrogens with zero attached hydrogens (tertiary/aromatic N) is 3. The number of anilines is 2. The van der Waals surface area contributed by atoms with E-state index >= 15 is 0 Å². The van der Waals surface area contributed by atoms with Crippen LogP contribution in [-0.4, -0.2) is 34.3 Å². The van der Waals surface area contributed by atoms with Gasteiger partial charge in [0, 0.05) is 24.0 Å². The second kappa shape index (κ2) is 9.16. The second-order valence-corrected chi connectivity index (χ2v) is 7.61. The van der Waals surface area contributed by atoms with Crippen LogP contribution in [0.2, 0.25) is 0 Å². The predicted molar refractivity (Wildman–Crippen MR) is 130 cm³/mol. The van der Waals surface area contributed by atoms with E-state index in [-0.39, 0.29) is 5.56 Å². The van der Waals surface area contributed by atoms with E-state index in [9.17, 15) is 9.59 Å². The number of para-hydroxylation sites is 2. The van der Waals surface area contributed by atoms with Gasteiger partial charge in [-0.15, -0.1) is 0 Å². The SMILES string of the molecule is COCCn1cnc2ccc(NC(=O)Nc3cccc(-c4nc5ccccc5o4)c3)cc2c1=O. The number of urea groups is 1. The first-order valence-corrected chi connectivity index (χ1v) is 10.6. The van der Waals surface area contributed by atoms with Crippen molar-refractivity contribution in [3.8, 4) is 11.5 Å². The molecule has 2 aromatic heterocycles. The van der Waals surface area contributed by atoms with Crippen molar-refractivity contribution in [3.63, 3.8) is 0 Å². The van der Waals surface area contributed by atoms with Crippen molar-refractivity contribution in [2.45, 2.75) is 6.54 Å². The smallest absolute Gasteiger partial charge is 0.323 e. The highest BCUT2D eigenvalue weighted by Gasteiger charge is 2.11. The van der Waals surface area contributed by atoms with Crippen LogP contribution in [0.3, 0.4) is 0 Å². The fourth-order valence-corrected chi connectivity index (χ4v) is 3.60. The molecule has 2 heterocycles. The molecule has 0 atom stereocenters.